The van der Waals surface area contributed by atoms with E-state index in [0.717, 1.165) is 62.4 Å². The molecule has 0 aliphatic carbocycles. The molecule has 6 atom stereocenters. The molecule has 0 aliphatic heterocycles. The van der Waals surface area contributed by atoms with Gasteiger partial charge < -0.3 is 60.8 Å². The number of aromatic carboxylic acids is 2. The largest absolute Gasteiger partial charge is 0.477 e. The van der Waals surface area contributed by atoms with E-state index in [4.69, 9.17) is 40.9 Å². The molecule has 5 radical (unpaired) electrons. The topological polar surface area (TPSA) is 286 Å². The number of aromatic nitrogens is 7. The van der Waals surface area contributed by atoms with Gasteiger partial charge in [0, 0.05) is 148 Å². The molecule has 0 spiro atoms. The van der Waals surface area contributed by atoms with Crippen LogP contribution in [0.3, 0.4) is 0 Å². The fourth-order valence-corrected chi connectivity index (χ4v) is 9.14. The fraction of sp³-hybridized carbons (Fsp3) is 0.207. The summed E-state index contributed by atoms with van der Waals surface area (Å²) in [5.74, 6) is -1.98. The smallest absolute Gasteiger partial charge is 0.354 e. The van der Waals surface area contributed by atoms with E-state index < -0.39 is 11.9 Å². The van der Waals surface area contributed by atoms with Gasteiger partial charge in [-0.25, -0.2) is 19.6 Å². The van der Waals surface area contributed by atoms with Crippen LogP contribution < -0.4 is 0 Å². The van der Waals surface area contributed by atoms with Crippen molar-refractivity contribution < 1.29 is 149 Å². The molecule has 13 rings (SSSR count). The van der Waals surface area contributed by atoms with E-state index in [0.29, 0.717) is 19.3 Å². The maximum atomic E-state index is 10.1. The van der Waals surface area contributed by atoms with E-state index in [1.165, 1.54) is 46.4 Å². The molecule has 0 bridgehead atoms. The van der Waals surface area contributed by atoms with Crippen molar-refractivity contribution in [1.82, 2.24) is 34.9 Å². The minimum Gasteiger partial charge on any atom is -0.477 e. The quantitative estimate of drug-likeness (QED) is 0.0302. The van der Waals surface area contributed by atoms with Crippen molar-refractivity contribution in [2.24, 2.45) is 0 Å². The number of rotatable bonds is 13. The molecule has 0 aliphatic rings. The predicted octanol–water partition coefficient (Wildman–Crippen LogP) is 15.9. The molecule has 0 saturated carbocycles. The zero-order chi connectivity index (χ0) is 75.7. The molecule has 7 heterocycles. The van der Waals surface area contributed by atoms with Crippen LogP contribution in [0.5, 0.6) is 0 Å². The molecule has 17 nitrogen and oxygen atoms in total. The Labute approximate surface area is 707 Å². The third-order valence-electron chi connectivity index (χ3n) is 13.5. The van der Waals surface area contributed by atoms with Crippen LogP contribution in [0.15, 0.2) is 280 Å². The Morgan fingerprint density at radius 3 is 1.06 bits per heavy atom. The molecule has 8 N–H and O–H groups in total. The third-order valence-corrected chi connectivity index (χ3v) is 13.5. The van der Waals surface area contributed by atoms with Gasteiger partial charge in [-0.2, -0.15) is 35.9 Å². The van der Waals surface area contributed by atoms with E-state index >= 15 is 0 Å². The average molecular weight is 2090 g/mol. The molecule has 13 aromatic rings. The Morgan fingerprint density at radius 1 is 0.358 bits per heavy atom. The van der Waals surface area contributed by atoms with Crippen LogP contribution in [-0.4, -0.2) is 124 Å². The molecule has 0 saturated heterocycles. The molecule has 6 aromatic carbocycles. The van der Waals surface area contributed by atoms with Gasteiger partial charge in [-0.1, -0.05) is 86.6 Å². The van der Waals surface area contributed by atoms with Crippen LogP contribution in [0.4, 0.5) is 0 Å². The molecule has 0 fully saturated rings. The average Bonchev–Trinajstić information content (AvgIpc) is 0.799. The summed E-state index contributed by atoms with van der Waals surface area (Å²) in [5.41, 5.74) is 12.0. The summed E-state index contributed by atoms with van der Waals surface area (Å²) in [6.45, 7) is 14.1. The number of pyridine rings is 7. The van der Waals surface area contributed by atoms with E-state index in [9.17, 15) is 9.59 Å². The van der Waals surface area contributed by atoms with Gasteiger partial charge in [-0.3, -0.25) is 4.98 Å². The molecular formula is C87H92Ir2N7O10Rh3-5. The SMILES string of the molecule is CC(O)CC(C)O.CC(O)CC(C)O.CC(O)CC(C)O.Cc1[c-]c(-c2ccccn2)cc(C)c1.O=C(O)c1ccccn1.O=C(O)c1ccccn1.[Ir].[Ir].[Rh].[Rh].[Rh].[c-]1cccc2ccc3cccnc3c12.[c-]1ccccc1-c1ccccn1.[c-]1ccccc1-c1ccccn1.[c-]1ccccc1Cc1ccccn1. The number of aliphatic hydroxyl groups is 6. The van der Waals surface area contributed by atoms with E-state index in [-0.39, 0.29) is 147 Å². The normalized spacial score (nSPS) is 11.1. The standard InChI is InChI=1S/C13H8N.C13H12N.C12H10N.2C11H8N.2C6H5NO2.3C5H12O2.2Ir.3Rh/c1-2-6-12-10(4-1)7-8-11-5-3-9-14-13(11)12;1-10-7-11(2)9-12(8-10)13-5-3-4-6-14-13;1-2-6-11(7-3-1)10-12-8-4-5-9-13-12;2*1-2-6-10(7-3-1)11-8-4-5-9-12-11;2*8-6(9)5-3-1-2-4-7-5;3*1-4(6)3-5(2)7;;;;;/h1-5,7-9H;3-8H,1-2H3;1-6,8-9H,10H2;2*1-6,8-9H;2*1-4H,(H,8,9);3*4-7H,3H2,1-2H3;;;;;/q5*-1;;;;;;;;;;. The van der Waals surface area contributed by atoms with Gasteiger partial charge in [0.05, 0.1) is 36.6 Å². The first-order valence-corrected chi connectivity index (χ1v) is 33.6. The molecule has 109 heavy (non-hydrogen) atoms. The second-order valence-electron chi connectivity index (χ2n) is 23.5. The molecule has 0 amide bonds. The maximum Gasteiger partial charge on any atom is 0.354 e. The van der Waals surface area contributed by atoms with Gasteiger partial charge >= 0.3 is 11.9 Å². The van der Waals surface area contributed by atoms with Crippen LogP contribution in [0.25, 0.3) is 55.4 Å². The predicted molar refractivity (Wildman–Crippen MR) is 412 cm³/mol. The number of nitrogens with zero attached hydrogens (tertiary/aromatic N) is 7. The summed E-state index contributed by atoms with van der Waals surface area (Å²) >= 11 is 0. The second-order valence-corrected chi connectivity index (χ2v) is 23.5. The van der Waals surface area contributed by atoms with Crippen molar-refractivity contribution in [1.29, 1.82) is 0 Å². The van der Waals surface area contributed by atoms with Gasteiger partial charge in [0.1, 0.15) is 11.4 Å². The number of hydrogen-bond acceptors (Lipinski definition) is 15. The van der Waals surface area contributed by atoms with Crippen molar-refractivity contribution in [2.45, 2.75) is 118 Å². The van der Waals surface area contributed by atoms with Crippen LogP contribution in [-0.2, 0) is 105 Å². The summed E-state index contributed by atoms with van der Waals surface area (Å²) in [4.78, 5) is 48.8. The van der Waals surface area contributed by atoms with Gasteiger partial charge in [-0.15, -0.1) is 142 Å². The van der Waals surface area contributed by atoms with Crippen molar-refractivity contribution in [3.8, 4) is 33.8 Å². The Bertz CT molecular complexity index is 4020. The molecular weight excluding hydrogens is 2000 g/mol. The number of benzene rings is 6. The number of carbonyl (C=O) groups is 2. The monoisotopic (exact) mass is 2090 g/mol. The summed E-state index contributed by atoms with van der Waals surface area (Å²) in [5, 5.41) is 71.5. The van der Waals surface area contributed by atoms with Crippen molar-refractivity contribution in [2.75, 3.05) is 0 Å². The van der Waals surface area contributed by atoms with E-state index in [1.807, 2.05) is 170 Å². The number of hydrogen-bond donors (Lipinski definition) is 8. The van der Waals surface area contributed by atoms with E-state index in [1.54, 1.807) is 84.4 Å². The summed E-state index contributed by atoms with van der Waals surface area (Å²) in [6.07, 6.45) is 11.9. The fourth-order valence-electron chi connectivity index (χ4n) is 9.14. The number of aryl methyl sites for hydroxylation is 2. The molecule has 585 valence electrons. The molecule has 7 aromatic heterocycles. The molecule has 22 heteroatoms. The minimum atomic E-state index is -0.990. The van der Waals surface area contributed by atoms with Gasteiger partial charge in [0.15, 0.2) is 0 Å². The van der Waals surface area contributed by atoms with Crippen LogP contribution in [0.1, 0.15) is 104 Å². The number of fused-ring (bicyclic) bond motifs is 3. The first kappa shape index (κ1) is 103. The van der Waals surface area contributed by atoms with Crippen LogP contribution in [0, 0.1) is 44.2 Å². The van der Waals surface area contributed by atoms with Crippen molar-refractivity contribution in [3.05, 3.63) is 344 Å². The van der Waals surface area contributed by atoms with Gasteiger partial charge in [0.25, 0.3) is 0 Å². The number of carboxylic acid groups (broad SMARTS) is 2. The molecule has 6 unspecified atom stereocenters. The van der Waals surface area contributed by atoms with Crippen LogP contribution >= 0.6 is 0 Å². The Balaban J connectivity index is 0. The zero-order valence-corrected chi connectivity index (χ0v) is 71.2. The zero-order valence-electron chi connectivity index (χ0n) is 61.5. The van der Waals surface area contributed by atoms with Crippen molar-refractivity contribution >= 4 is 33.6 Å². The summed E-state index contributed by atoms with van der Waals surface area (Å²) in [6, 6.07) is 91.2. The van der Waals surface area contributed by atoms with Gasteiger partial charge in [-0.05, 0) is 156 Å². The van der Waals surface area contributed by atoms with Gasteiger partial charge in [0.2, 0.25) is 0 Å². The summed E-state index contributed by atoms with van der Waals surface area (Å²) in [7, 11) is 0. The minimum absolute atomic E-state index is 0. The Morgan fingerprint density at radius 2 is 0.725 bits per heavy atom. The number of carboxylic acids is 2. The van der Waals surface area contributed by atoms with E-state index in [2.05, 4.69) is 122 Å². The van der Waals surface area contributed by atoms with Crippen molar-refractivity contribution in [3.63, 3.8) is 0 Å². The Hall–Kier alpha value is -8.24. The summed E-state index contributed by atoms with van der Waals surface area (Å²) < 4.78 is 0. The first-order chi connectivity index (χ1) is 50.1. The first-order valence-electron chi connectivity index (χ1n) is 33.6. The third kappa shape index (κ3) is 46.8. The maximum absolute atomic E-state index is 10.1. The second kappa shape index (κ2) is 61.5. The van der Waals surface area contributed by atoms with Crippen LogP contribution in [0.2, 0.25) is 0 Å². The Kier molecular flexibility index (Phi) is 58.0. The number of aliphatic hydroxyl groups excluding tert-OH is 6.